The highest BCUT2D eigenvalue weighted by Gasteiger charge is 2.44. The van der Waals surface area contributed by atoms with E-state index < -0.39 is 0 Å². The Hall–Kier alpha value is -3.38. The summed E-state index contributed by atoms with van der Waals surface area (Å²) < 4.78 is 2.11. The smallest absolute Gasteiger partial charge is 0.229 e. The number of hydrogen-bond acceptors (Lipinski definition) is 4. The molecule has 1 amide bonds. The topological polar surface area (TPSA) is 71.3 Å². The number of nitrogens with one attached hydrogen (secondary N) is 2. The fourth-order valence-electron chi connectivity index (χ4n) is 4.64. The van der Waals surface area contributed by atoms with Crippen molar-refractivity contribution in [3.8, 4) is 0 Å². The van der Waals surface area contributed by atoms with Crippen molar-refractivity contribution in [1.29, 1.82) is 0 Å². The number of amides is 1. The molecule has 0 saturated heterocycles. The van der Waals surface area contributed by atoms with E-state index in [9.17, 15) is 4.79 Å². The molecule has 0 radical (unpaired) electrons. The van der Waals surface area contributed by atoms with Gasteiger partial charge in [0.2, 0.25) is 5.91 Å². The van der Waals surface area contributed by atoms with Crippen LogP contribution in [0.15, 0.2) is 60.9 Å². The molecule has 2 aliphatic carbocycles. The van der Waals surface area contributed by atoms with E-state index in [1.807, 2.05) is 43.3 Å². The number of rotatable bonds is 7. The van der Waals surface area contributed by atoms with E-state index in [2.05, 4.69) is 44.5 Å². The molecule has 2 N–H and O–H groups in total. The zero-order valence-corrected chi connectivity index (χ0v) is 19.7. The van der Waals surface area contributed by atoms with Gasteiger partial charge in [-0.3, -0.25) is 4.79 Å². The Kier molecular flexibility index (Phi) is 5.26. The lowest BCUT2D eigenvalue weighted by molar-refractivity contribution is -0.117. The number of imidazole rings is 1. The van der Waals surface area contributed by atoms with Gasteiger partial charge in [-0.1, -0.05) is 29.8 Å². The first-order chi connectivity index (χ1) is 16.5. The molecule has 2 aliphatic rings. The molecule has 0 unspecified atom stereocenters. The second-order valence-corrected chi connectivity index (χ2v) is 9.90. The van der Waals surface area contributed by atoms with Crippen molar-refractivity contribution >= 4 is 34.7 Å². The molecule has 34 heavy (non-hydrogen) atoms. The van der Waals surface area contributed by atoms with Gasteiger partial charge in [0.1, 0.15) is 11.5 Å². The van der Waals surface area contributed by atoms with Gasteiger partial charge in [0.05, 0.1) is 12.2 Å². The predicted octanol–water partition coefficient (Wildman–Crippen LogP) is 5.92. The SMILES string of the molecule is Cc1cc(NCc2cn3cc(C4CC4)ccc3n2)cc(NC(=O)[C@H]2C[C@@H]2c2cccc(Cl)c2)n1. The van der Waals surface area contributed by atoms with Crippen LogP contribution in [0.3, 0.4) is 0 Å². The van der Waals surface area contributed by atoms with Crippen LogP contribution in [0, 0.1) is 12.8 Å². The standard InChI is InChI=1S/C27H26ClN5O/c1-16-9-21(29-13-22-15-33-14-19(17-5-6-17)7-8-26(33)31-22)11-25(30-16)32-27(34)24-12-23(24)18-3-2-4-20(28)10-18/h2-4,7-11,14-15,17,23-24H,5-6,12-13H2,1H3,(H2,29,30,32,34)/t23-,24+/m1/s1. The number of hydrogen-bond donors (Lipinski definition) is 2. The van der Waals surface area contributed by atoms with Crippen molar-refractivity contribution in [1.82, 2.24) is 14.4 Å². The first kappa shape index (κ1) is 21.2. The summed E-state index contributed by atoms with van der Waals surface area (Å²) >= 11 is 6.10. The van der Waals surface area contributed by atoms with Crippen molar-refractivity contribution in [2.45, 2.75) is 44.6 Å². The molecule has 2 fully saturated rings. The zero-order valence-electron chi connectivity index (χ0n) is 19.0. The Bertz CT molecular complexity index is 1390. The molecule has 6 rings (SSSR count). The third-order valence-electron chi connectivity index (χ3n) is 6.65. The summed E-state index contributed by atoms with van der Waals surface area (Å²) in [5.41, 5.74) is 6.17. The van der Waals surface area contributed by atoms with Crippen LogP contribution in [0.5, 0.6) is 0 Å². The molecule has 0 bridgehead atoms. The van der Waals surface area contributed by atoms with Crippen LogP contribution in [-0.4, -0.2) is 20.3 Å². The number of nitrogens with zero attached hydrogens (tertiary/aromatic N) is 3. The summed E-state index contributed by atoms with van der Waals surface area (Å²) in [5.74, 6) is 1.46. The number of carbonyl (C=O) groups excluding carboxylic acids is 1. The van der Waals surface area contributed by atoms with E-state index in [0.29, 0.717) is 17.4 Å². The third-order valence-corrected chi connectivity index (χ3v) is 6.89. The van der Waals surface area contributed by atoms with Gasteiger partial charge < -0.3 is 15.0 Å². The van der Waals surface area contributed by atoms with Gasteiger partial charge in [0.25, 0.3) is 0 Å². The summed E-state index contributed by atoms with van der Waals surface area (Å²) in [6.07, 6.45) is 7.68. The van der Waals surface area contributed by atoms with E-state index in [1.54, 1.807) is 0 Å². The number of benzene rings is 1. The molecular formula is C27H26ClN5O. The minimum atomic E-state index is -0.0457. The van der Waals surface area contributed by atoms with E-state index >= 15 is 0 Å². The highest BCUT2D eigenvalue weighted by molar-refractivity contribution is 6.30. The number of anilines is 2. The van der Waals surface area contributed by atoms with Gasteiger partial charge in [0.15, 0.2) is 0 Å². The van der Waals surface area contributed by atoms with Gasteiger partial charge in [-0.05, 0) is 73.4 Å². The molecule has 0 aliphatic heterocycles. The fourth-order valence-corrected chi connectivity index (χ4v) is 4.84. The Morgan fingerprint density at radius 3 is 2.79 bits per heavy atom. The molecule has 4 aromatic rings. The monoisotopic (exact) mass is 471 g/mol. The van der Waals surface area contributed by atoms with Crippen molar-refractivity contribution in [2.75, 3.05) is 10.6 Å². The molecule has 1 aromatic carbocycles. The summed E-state index contributed by atoms with van der Waals surface area (Å²) in [5, 5.41) is 7.13. The Morgan fingerprint density at radius 2 is 1.97 bits per heavy atom. The van der Waals surface area contributed by atoms with E-state index in [4.69, 9.17) is 16.6 Å². The lowest BCUT2D eigenvalue weighted by Crippen LogP contribution is -2.16. The van der Waals surface area contributed by atoms with Crippen LogP contribution in [0.2, 0.25) is 5.02 Å². The number of carbonyl (C=O) groups is 1. The van der Waals surface area contributed by atoms with Gasteiger partial charge in [0, 0.05) is 40.8 Å². The van der Waals surface area contributed by atoms with E-state index in [0.717, 1.165) is 40.6 Å². The molecule has 6 nitrogen and oxygen atoms in total. The molecule has 3 heterocycles. The fraction of sp³-hybridized carbons (Fsp3) is 0.296. The zero-order chi connectivity index (χ0) is 23.2. The summed E-state index contributed by atoms with van der Waals surface area (Å²) in [4.78, 5) is 22.0. The lowest BCUT2D eigenvalue weighted by Gasteiger charge is -2.10. The normalized spacial score (nSPS) is 19.2. The maximum absolute atomic E-state index is 12.8. The average molecular weight is 472 g/mol. The van der Waals surface area contributed by atoms with Gasteiger partial charge in [-0.2, -0.15) is 0 Å². The first-order valence-corrected chi connectivity index (χ1v) is 12.2. The summed E-state index contributed by atoms with van der Waals surface area (Å²) in [6.45, 7) is 2.52. The van der Waals surface area contributed by atoms with Gasteiger partial charge in [-0.15, -0.1) is 0 Å². The average Bonchev–Trinajstić information content (AvgIpc) is 3.73. The molecule has 2 saturated carbocycles. The van der Waals surface area contributed by atoms with E-state index in [1.165, 1.54) is 18.4 Å². The Balaban J connectivity index is 1.10. The van der Waals surface area contributed by atoms with Crippen LogP contribution >= 0.6 is 11.6 Å². The summed E-state index contributed by atoms with van der Waals surface area (Å²) in [7, 11) is 0. The minimum absolute atomic E-state index is 0.000781. The van der Waals surface area contributed by atoms with Gasteiger partial charge in [-0.25, -0.2) is 9.97 Å². The first-order valence-electron chi connectivity index (χ1n) is 11.8. The van der Waals surface area contributed by atoms with Crippen LogP contribution in [0.4, 0.5) is 11.5 Å². The molecule has 2 atom stereocenters. The molecule has 0 spiro atoms. The van der Waals surface area contributed by atoms with Gasteiger partial charge >= 0.3 is 0 Å². The molecule has 7 heteroatoms. The van der Waals surface area contributed by atoms with Crippen LogP contribution < -0.4 is 10.6 Å². The lowest BCUT2D eigenvalue weighted by atomic mass is 10.1. The largest absolute Gasteiger partial charge is 0.379 e. The van der Waals surface area contributed by atoms with Crippen molar-refractivity contribution in [3.05, 3.63) is 88.5 Å². The minimum Gasteiger partial charge on any atom is -0.379 e. The second kappa shape index (κ2) is 8.44. The highest BCUT2D eigenvalue weighted by atomic mass is 35.5. The van der Waals surface area contributed by atoms with Crippen molar-refractivity contribution < 1.29 is 4.79 Å². The number of halogens is 1. The summed E-state index contributed by atoms with van der Waals surface area (Å²) in [6, 6.07) is 15.9. The Morgan fingerprint density at radius 1 is 1.09 bits per heavy atom. The number of aryl methyl sites for hydroxylation is 1. The molecule has 3 aromatic heterocycles. The molecular weight excluding hydrogens is 446 g/mol. The van der Waals surface area contributed by atoms with Crippen molar-refractivity contribution in [2.24, 2.45) is 5.92 Å². The highest BCUT2D eigenvalue weighted by Crippen LogP contribution is 2.48. The second-order valence-electron chi connectivity index (χ2n) is 9.46. The molecule has 172 valence electrons. The third kappa shape index (κ3) is 4.50. The van der Waals surface area contributed by atoms with Crippen LogP contribution in [0.25, 0.3) is 5.65 Å². The quantitative estimate of drug-likeness (QED) is 0.351. The number of pyridine rings is 2. The number of aromatic nitrogens is 3. The maximum Gasteiger partial charge on any atom is 0.229 e. The van der Waals surface area contributed by atoms with Crippen molar-refractivity contribution in [3.63, 3.8) is 0 Å². The van der Waals surface area contributed by atoms with Crippen LogP contribution in [0.1, 0.15) is 53.6 Å². The van der Waals surface area contributed by atoms with Crippen LogP contribution in [-0.2, 0) is 11.3 Å². The maximum atomic E-state index is 12.8. The van der Waals surface area contributed by atoms with E-state index in [-0.39, 0.29) is 17.7 Å². The number of fused-ring (bicyclic) bond motifs is 1. The Labute approximate surface area is 203 Å². The predicted molar refractivity (Wildman–Crippen MR) is 134 cm³/mol.